The molecule has 104 valence electrons. The Morgan fingerprint density at radius 1 is 1.47 bits per heavy atom. The molecule has 0 heterocycles. The quantitative estimate of drug-likeness (QED) is 0.743. The Morgan fingerprint density at radius 2 is 2.16 bits per heavy atom. The van der Waals surface area contributed by atoms with E-state index in [4.69, 9.17) is 5.73 Å². The van der Waals surface area contributed by atoms with Crippen molar-refractivity contribution in [2.45, 2.75) is 20.0 Å². The summed E-state index contributed by atoms with van der Waals surface area (Å²) in [7, 11) is 0. The summed E-state index contributed by atoms with van der Waals surface area (Å²) < 4.78 is 0. The summed E-state index contributed by atoms with van der Waals surface area (Å²) in [5, 5.41) is 12.1. The summed E-state index contributed by atoms with van der Waals surface area (Å²) >= 11 is 0. The van der Waals surface area contributed by atoms with Crippen molar-refractivity contribution in [2.24, 2.45) is 5.73 Å². The first-order chi connectivity index (χ1) is 8.93. The molecule has 0 saturated carbocycles. The number of carbonyl (C=O) groups excluding carboxylic acids is 2. The van der Waals surface area contributed by atoms with Gasteiger partial charge in [-0.15, -0.1) is 0 Å². The maximum absolute atomic E-state index is 11.9. The lowest BCUT2D eigenvalue weighted by Crippen LogP contribution is -2.40. The SMILES string of the molecule is CCN(CC(N)=O)C(=O)Nc1cccc(C(C)O)c1. The number of likely N-dealkylation sites (N-methyl/N-ethyl adjacent to an activating group) is 1. The van der Waals surface area contributed by atoms with Gasteiger partial charge in [0.15, 0.2) is 0 Å². The lowest BCUT2D eigenvalue weighted by atomic mass is 10.1. The van der Waals surface area contributed by atoms with E-state index >= 15 is 0 Å². The summed E-state index contributed by atoms with van der Waals surface area (Å²) in [5.74, 6) is -0.560. The van der Waals surface area contributed by atoms with Gasteiger partial charge in [-0.25, -0.2) is 4.79 Å². The number of amides is 3. The molecule has 1 unspecified atom stereocenters. The monoisotopic (exact) mass is 265 g/mol. The first-order valence-corrected chi connectivity index (χ1v) is 6.06. The molecule has 0 aliphatic carbocycles. The highest BCUT2D eigenvalue weighted by Crippen LogP contribution is 2.17. The average molecular weight is 265 g/mol. The fraction of sp³-hybridized carbons (Fsp3) is 0.385. The van der Waals surface area contributed by atoms with Crippen molar-refractivity contribution >= 4 is 17.6 Å². The maximum Gasteiger partial charge on any atom is 0.322 e. The van der Waals surface area contributed by atoms with Crippen molar-refractivity contribution in [3.05, 3.63) is 29.8 Å². The van der Waals surface area contributed by atoms with E-state index in [2.05, 4.69) is 5.32 Å². The Morgan fingerprint density at radius 3 is 2.68 bits per heavy atom. The van der Waals surface area contributed by atoms with E-state index in [1.165, 1.54) is 4.90 Å². The summed E-state index contributed by atoms with van der Waals surface area (Å²) in [6.45, 7) is 3.66. The largest absolute Gasteiger partial charge is 0.389 e. The van der Waals surface area contributed by atoms with Crippen LogP contribution in [0.4, 0.5) is 10.5 Å². The molecule has 3 amide bonds. The molecule has 1 rings (SSSR count). The van der Waals surface area contributed by atoms with Gasteiger partial charge in [0.25, 0.3) is 0 Å². The van der Waals surface area contributed by atoms with Gasteiger partial charge < -0.3 is 21.1 Å². The van der Waals surface area contributed by atoms with Crippen LogP contribution >= 0.6 is 0 Å². The number of nitrogens with two attached hydrogens (primary N) is 1. The van der Waals surface area contributed by atoms with Crippen LogP contribution in [0.1, 0.15) is 25.5 Å². The molecule has 19 heavy (non-hydrogen) atoms. The fourth-order valence-electron chi connectivity index (χ4n) is 1.59. The van der Waals surface area contributed by atoms with Gasteiger partial charge in [0, 0.05) is 12.2 Å². The van der Waals surface area contributed by atoms with Crippen LogP contribution < -0.4 is 11.1 Å². The molecule has 0 radical (unpaired) electrons. The highest BCUT2D eigenvalue weighted by Gasteiger charge is 2.14. The van der Waals surface area contributed by atoms with E-state index in [1.54, 1.807) is 38.1 Å². The Balaban J connectivity index is 2.75. The topological polar surface area (TPSA) is 95.7 Å². The van der Waals surface area contributed by atoms with Crippen molar-refractivity contribution in [1.29, 1.82) is 0 Å². The van der Waals surface area contributed by atoms with Gasteiger partial charge in [-0.2, -0.15) is 0 Å². The molecular formula is C13H19N3O3. The zero-order chi connectivity index (χ0) is 14.4. The lowest BCUT2D eigenvalue weighted by Gasteiger charge is -2.20. The number of hydrogen-bond donors (Lipinski definition) is 3. The Bertz CT molecular complexity index is 460. The minimum atomic E-state index is -0.607. The number of anilines is 1. The molecule has 0 aromatic heterocycles. The molecule has 6 nitrogen and oxygen atoms in total. The minimum absolute atomic E-state index is 0.127. The number of primary amides is 1. The number of nitrogens with zero attached hydrogens (tertiary/aromatic N) is 1. The second-order valence-corrected chi connectivity index (χ2v) is 4.21. The van der Waals surface area contributed by atoms with E-state index in [-0.39, 0.29) is 6.54 Å². The van der Waals surface area contributed by atoms with Gasteiger partial charge >= 0.3 is 6.03 Å². The zero-order valence-corrected chi connectivity index (χ0v) is 11.1. The standard InChI is InChI=1S/C13H19N3O3/c1-3-16(8-12(14)18)13(19)15-11-6-4-5-10(7-11)9(2)17/h4-7,9,17H,3,8H2,1-2H3,(H2,14,18)(H,15,19). The number of nitrogens with one attached hydrogen (secondary N) is 1. The van der Waals surface area contributed by atoms with Gasteiger partial charge in [0.05, 0.1) is 6.10 Å². The number of urea groups is 1. The van der Waals surface area contributed by atoms with Gasteiger partial charge in [0.1, 0.15) is 6.54 Å². The predicted molar refractivity (Wildman–Crippen MR) is 72.5 cm³/mol. The fourth-order valence-corrected chi connectivity index (χ4v) is 1.59. The van der Waals surface area contributed by atoms with Crippen molar-refractivity contribution in [3.63, 3.8) is 0 Å². The van der Waals surface area contributed by atoms with Crippen LogP contribution in [0.5, 0.6) is 0 Å². The number of rotatable bonds is 5. The molecule has 0 aliphatic heterocycles. The molecular weight excluding hydrogens is 246 g/mol. The number of carbonyl (C=O) groups is 2. The third kappa shape index (κ3) is 4.59. The molecule has 1 atom stereocenters. The number of aliphatic hydroxyl groups is 1. The third-order valence-corrected chi connectivity index (χ3v) is 2.64. The molecule has 0 aliphatic rings. The van der Waals surface area contributed by atoms with Crippen molar-refractivity contribution in [2.75, 3.05) is 18.4 Å². The Kier molecular flexibility index (Phi) is 5.32. The molecule has 0 spiro atoms. The Labute approximate surface area is 112 Å². The van der Waals surface area contributed by atoms with Gasteiger partial charge in [-0.05, 0) is 31.5 Å². The van der Waals surface area contributed by atoms with Crippen molar-refractivity contribution in [1.82, 2.24) is 4.90 Å². The molecule has 4 N–H and O–H groups in total. The highest BCUT2D eigenvalue weighted by molar-refractivity contribution is 5.92. The average Bonchev–Trinajstić information content (AvgIpc) is 2.35. The lowest BCUT2D eigenvalue weighted by molar-refractivity contribution is -0.118. The molecule has 0 bridgehead atoms. The van der Waals surface area contributed by atoms with E-state index in [0.717, 1.165) is 0 Å². The summed E-state index contributed by atoms with van der Waals surface area (Å²) in [5.41, 5.74) is 6.34. The van der Waals surface area contributed by atoms with Crippen molar-refractivity contribution in [3.8, 4) is 0 Å². The summed E-state index contributed by atoms with van der Waals surface area (Å²) in [6, 6.07) is 6.50. The highest BCUT2D eigenvalue weighted by atomic mass is 16.3. The van der Waals surface area contributed by atoms with Crippen LogP contribution in [-0.4, -0.2) is 35.0 Å². The van der Waals surface area contributed by atoms with Crippen LogP contribution in [0.15, 0.2) is 24.3 Å². The molecule has 0 saturated heterocycles. The molecule has 0 fully saturated rings. The third-order valence-electron chi connectivity index (χ3n) is 2.64. The Hall–Kier alpha value is -2.08. The number of benzene rings is 1. The van der Waals surface area contributed by atoms with Crippen LogP contribution in [0.3, 0.4) is 0 Å². The second kappa shape index (κ2) is 6.75. The predicted octanol–water partition coefficient (Wildman–Crippen LogP) is 1.08. The molecule has 6 heteroatoms. The first kappa shape index (κ1) is 15.0. The smallest absolute Gasteiger partial charge is 0.322 e. The van der Waals surface area contributed by atoms with E-state index in [0.29, 0.717) is 17.8 Å². The zero-order valence-electron chi connectivity index (χ0n) is 11.1. The van der Waals surface area contributed by atoms with Gasteiger partial charge in [-0.3, -0.25) is 4.79 Å². The van der Waals surface area contributed by atoms with E-state index in [1.807, 2.05) is 0 Å². The van der Waals surface area contributed by atoms with Crippen molar-refractivity contribution < 1.29 is 14.7 Å². The van der Waals surface area contributed by atoms with Crippen LogP contribution in [0, 0.1) is 0 Å². The van der Waals surface area contributed by atoms with Crippen LogP contribution in [0.25, 0.3) is 0 Å². The second-order valence-electron chi connectivity index (χ2n) is 4.21. The number of aliphatic hydroxyl groups excluding tert-OH is 1. The maximum atomic E-state index is 11.9. The minimum Gasteiger partial charge on any atom is -0.389 e. The van der Waals surface area contributed by atoms with Gasteiger partial charge in [-0.1, -0.05) is 12.1 Å². The van der Waals surface area contributed by atoms with Crippen LogP contribution in [-0.2, 0) is 4.79 Å². The van der Waals surface area contributed by atoms with Gasteiger partial charge in [0.2, 0.25) is 5.91 Å². The van der Waals surface area contributed by atoms with Crippen LogP contribution in [0.2, 0.25) is 0 Å². The van der Waals surface area contributed by atoms with E-state index < -0.39 is 18.0 Å². The first-order valence-electron chi connectivity index (χ1n) is 6.06. The normalized spacial score (nSPS) is 11.7. The summed E-state index contributed by atoms with van der Waals surface area (Å²) in [4.78, 5) is 24.0. The molecule has 1 aromatic carbocycles. The summed E-state index contributed by atoms with van der Waals surface area (Å²) in [6.07, 6.45) is -0.607. The van der Waals surface area contributed by atoms with E-state index in [9.17, 15) is 14.7 Å². The molecule has 1 aromatic rings. The number of hydrogen-bond acceptors (Lipinski definition) is 3.